The second-order valence-corrected chi connectivity index (χ2v) is 20.8. The average Bonchev–Trinajstić information content (AvgIpc) is 0.716. The molecule has 6 heteroatoms. The number of para-hydroxylation sites is 4. The van der Waals surface area contributed by atoms with Gasteiger partial charge >= 0.3 is 0 Å². The number of fused-ring (bicyclic) bond motifs is 6. The van der Waals surface area contributed by atoms with Gasteiger partial charge in [-0.1, -0.05) is 202 Å². The maximum atomic E-state index is 10.4. The number of imidazole rings is 1. The van der Waals surface area contributed by atoms with Gasteiger partial charge in [-0.2, -0.15) is 18.2 Å². The molecule has 3 heterocycles. The first-order valence-electron chi connectivity index (χ1n) is 45.6. The molecule has 410 valence electrons. The molecular weight excluding hydrogens is 1170 g/mol. The third-order valence-electron chi connectivity index (χ3n) is 14.3. The first-order valence-corrected chi connectivity index (χ1v) is 25.1. The Kier molecular flexibility index (Phi) is 5.99. The van der Waals surface area contributed by atoms with Crippen molar-refractivity contribution in [3.63, 3.8) is 0 Å². The Hall–Kier alpha value is -7.33. The van der Waals surface area contributed by atoms with Gasteiger partial charge in [0.05, 0.1) is 24.9 Å². The van der Waals surface area contributed by atoms with Crippen LogP contribution in [0.15, 0.2) is 170 Å². The zero-order valence-corrected chi connectivity index (χ0v) is 45.5. The predicted molar refractivity (Wildman–Crippen MR) is 330 cm³/mol. The van der Waals surface area contributed by atoms with Crippen molar-refractivity contribution in [2.75, 3.05) is 0 Å². The van der Waals surface area contributed by atoms with Gasteiger partial charge in [0.25, 0.3) is 6.33 Å². The molecule has 0 unspecified atom stereocenters. The van der Waals surface area contributed by atoms with Crippen molar-refractivity contribution in [3.05, 3.63) is 222 Å². The number of rotatable bonds is 8. The van der Waals surface area contributed by atoms with E-state index in [0.29, 0.717) is 32.9 Å². The smallest absolute Gasteiger partial charge is 0.268 e. The van der Waals surface area contributed by atoms with Crippen LogP contribution in [0.5, 0.6) is 11.5 Å². The van der Waals surface area contributed by atoms with E-state index in [-0.39, 0.29) is 66.1 Å². The average molecular weight is 1280 g/mol. The standard InChI is InChI=1S/C75H72N4O.Pt/c1-48-40-69(76-46-60(48)49-20-17-21-52(41-49)71(2,3)4)79-65-27-14-13-24-58(65)59-33-32-55(45-68(59)79)80-54-23-18-22-53(44-54)77-47-78(67-29-16-15-28-66(67)77)70-56(50-30-34-61-63(42-50)74(9,10)38-36-72(61,5)6)25-19-26-57(70)51-31-35-62-64(43-51)75(11,12)39-37-73(62,7)8;/h13-35,40-43,46H,36-39H2,1-12H3;/q-2;/i1D3,5D3,6D3,7D3,8D3,9D3,10D3,11D3,12D3,30D,31D,34D,35D,36D2,37D2,38D2,39D2,42D,43D;. The molecule has 2 aliphatic rings. The van der Waals surface area contributed by atoms with Gasteiger partial charge in [-0.25, -0.2) is 4.98 Å². The molecule has 0 atom stereocenters. The topological polar surface area (TPSA) is 35.9 Å². The summed E-state index contributed by atoms with van der Waals surface area (Å²) in [6.07, 6.45) is -14.9. The van der Waals surface area contributed by atoms with Crippen LogP contribution in [0.3, 0.4) is 0 Å². The minimum Gasteiger partial charge on any atom is -0.510 e. The summed E-state index contributed by atoms with van der Waals surface area (Å²) in [5.41, 5.74) is -29.8. The number of nitrogens with zero attached hydrogens (tertiary/aromatic N) is 4. The van der Waals surface area contributed by atoms with Gasteiger partial charge in [-0.05, 0) is 144 Å². The van der Waals surface area contributed by atoms with Gasteiger partial charge in [0, 0.05) is 97.8 Å². The van der Waals surface area contributed by atoms with Crippen molar-refractivity contribution in [2.45, 2.75) is 135 Å². The van der Waals surface area contributed by atoms with Crippen LogP contribution in [-0.4, -0.2) is 14.1 Å². The van der Waals surface area contributed by atoms with E-state index in [1.165, 1.54) is 59.3 Å². The summed E-state index contributed by atoms with van der Waals surface area (Å²) < 4.78 is 390. The SMILES string of the molecule is [2H]c1c([2H])c2c(c([2H])c1-c1cccc(-c3c([2H])c([2H])c4c(c3[2H])C(C([2H])([2H])[2H])(C([2H])([2H])[2H])C([2H])([2H])C([2H])([2H])C4(C([2H])([2H])[2H])C([2H])([2H])[2H])c1-[n+]1[c-]n(-c3[c-]c(Oc4[c-]c5c(cc4)c4ccccc4n5-c4cc(C([2H])([2H])[2H])c(-c5cccc(C(C)(C)C)c5)cn4)ccc3)c3ccccc31)C(C([2H])([2H])[2H])(C([2H])([2H])[2H])C([2H])([2H])C([2H])([2H])C2(C([2H])([2H])[2H])C([2H])([2H])[2H].[Pt]. The zero-order valence-electron chi connectivity index (χ0n) is 84.2. The molecule has 0 fully saturated rings. The summed E-state index contributed by atoms with van der Waals surface area (Å²) in [6, 6.07) is 27.7. The quantitative estimate of drug-likeness (QED) is 0.112. The molecule has 0 N–H and O–H groups in total. The van der Waals surface area contributed by atoms with Crippen LogP contribution in [-0.2, 0) is 48.1 Å². The number of benzene rings is 8. The molecule has 5 nitrogen and oxygen atoms in total. The predicted octanol–water partition coefficient (Wildman–Crippen LogP) is 18.9. The fraction of sp³-hybridized carbons (Fsp3) is 0.280. The summed E-state index contributed by atoms with van der Waals surface area (Å²) >= 11 is 0. The first-order chi connectivity index (χ1) is 55.0. The molecule has 0 amide bonds. The second kappa shape index (κ2) is 19.7. The van der Waals surface area contributed by atoms with Crippen LogP contribution in [0.25, 0.3) is 83.4 Å². The van der Waals surface area contributed by atoms with Crippen molar-refractivity contribution in [1.29, 1.82) is 0 Å². The van der Waals surface area contributed by atoms with Crippen molar-refractivity contribution >= 4 is 32.8 Å². The number of hydrogen-bond acceptors (Lipinski definition) is 2. The Bertz CT molecular complexity index is 5860. The monoisotopic (exact) mass is 1280 g/mol. The molecule has 81 heavy (non-hydrogen) atoms. The summed E-state index contributed by atoms with van der Waals surface area (Å²) in [5, 5.41) is 1.31. The molecule has 3 aromatic heterocycles. The summed E-state index contributed by atoms with van der Waals surface area (Å²) in [5.74, 6) is 0.0919. The Balaban J connectivity index is 0.0000136. The fourth-order valence-electron chi connectivity index (χ4n) is 10.3. The van der Waals surface area contributed by atoms with Crippen molar-refractivity contribution in [1.82, 2.24) is 14.1 Å². The fourth-order valence-corrected chi connectivity index (χ4v) is 10.3. The van der Waals surface area contributed by atoms with E-state index >= 15 is 0 Å². The van der Waals surface area contributed by atoms with Gasteiger partial charge < -0.3 is 13.9 Å². The molecule has 2 aliphatic carbocycles. The van der Waals surface area contributed by atoms with Crippen molar-refractivity contribution < 1.29 is 86.6 Å². The van der Waals surface area contributed by atoms with E-state index in [1.807, 2.05) is 45.0 Å². The molecule has 0 spiro atoms. The molecule has 0 bridgehead atoms. The Labute approximate surface area is 551 Å². The van der Waals surface area contributed by atoms with Gasteiger partial charge in [-0.15, -0.1) is 29.7 Å². The van der Waals surface area contributed by atoms with Gasteiger partial charge in [0.15, 0.2) is 0 Å². The molecule has 0 saturated carbocycles. The van der Waals surface area contributed by atoms with E-state index in [4.69, 9.17) is 46.7 Å². The van der Waals surface area contributed by atoms with Crippen LogP contribution >= 0.6 is 0 Å². The van der Waals surface area contributed by atoms with Gasteiger partial charge in [0.2, 0.25) is 0 Å². The molecule has 0 aliphatic heterocycles. The minimum atomic E-state index is -4.88. The number of pyridine rings is 1. The first kappa shape index (κ1) is 24.6. The number of hydrogen-bond donors (Lipinski definition) is 0. The molecule has 8 aromatic carbocycles. The molecule has 13 rings (SSSR count). The third-order valence-corrected chi connectivity index (χ3v) is 14.3. The van der Waals surface area contributed by atoms with E-state index in [9.17, 15) is 19.2 Å². The maximum absolute atomic E-state index is 10.4. The third kappa shape index (κ3) is 9.38. The van der Waals surface area contributed by atoms with Gasteiger partial charge in [-0.3, -0.25) is 4.57 Å². The second-order valence-electron chi connectivity index (χ2n) is 20.8. The van der Waals surface area contributed by atoms with Gasteiger partial charge in [0.1, 0.15) is 5.82 Å². The maximum Gasteiger partial charge on any atom is 0.268 e. The van der Waals surface area contributed by atoms with E-state index in [0.717, 1.165) is 28.3 Å². The van der Waals surface area contributed by atoms with E-state index in [1.54, 1.807) is 41.0 Å². The van der Waals surface area contributed by atoms with Crippen molar-refractivity contribution in [2.24, 2.45) is 0 Å². The molecule has 0 saturated heterocycles. The van der Waals surface area contributed by atoms with Crippen LogP contribution in [0.2, 0.25) is 0 Å². The normalized spacial score (nSPS) is 27.3. The van der Waals surface area contributed by atoms with Crippen LogP contribution in [0, 0.1) is 25.3 Å². The van der Waals surface area contributed by atoms with Crippen LogP contribution in [0.4, 0.5) is 0 Å². The number of aromatic nitrogens is 4. The van der Waals surface area contributed by atoms with E-state index in [2.05, 4.69) is 18.5 Å². The Morgan fingerprint density at radius 1 is 0.593 bits per heavy atom. The Morgan fingerprint density at radius 3 is 1.85 bits per heavy atom. The molecular formula is C75H72N4OPt-2. The van der Waals surface area contributed by atoms with Crippen molar-refractivity contribution in [3.8, 4) is 62.1 Å². The van der Waals surface area contributed by atoms with E-state index < -0.39 is 195 Å². The number of ether oxygens (including phenoxy) is 1. The number of aryl methyl sites for hydroxylation is 1. The molecule has 11 aromatic rings. The summed E-state index contributed by atoms with van der Waals surface area (Å²) in [4.78, 5) is 4.86. The minimum absolute atomic E-state index is 0. The summed E-state index contributed by atoms with van der Waals surface area (Å²) in [7, 11) is 0. The largest absolute Gasteiger partial charge is 0.510 e. The van der Waals surface area contributed by atoms with Crippen LogP contribution in [0.1, 0.15) is 191 Å². The zero-order chi connectivity index (χ0) is 90.6. The Morgan fingerprint density at radius 2 is 1.20 bits per heavy atom. The van der Waals surface area contributed by atoms with Crippen LogP contribution < -0.4 is 9.30 Å². The molecule has 0 radical (unpaired) electrons. The summed E-state index contributed by atoms with van der Waals surface area (Å²) in [6.45, 7) is -33.2.